The Kier molecular flexibility index (Phi) is 5.22. The smallest absolute Gasteiger partial charge is 0.356 e. The van der Waals surface area contributed by atoms with Crippen LogP contribution in [0.25, 0.3) is 0 Å². The molecule has 0 saturated carbocycles. The van der Waals surface area contributed by atoms with E-state index in [0.717, 1.165) is 13.5 Å². The van der Waals surface area contributed by atoms with Gasteiger partial charge in [-0.15, -0.1) is 0 Å². The first-order valence-corrected chi connectivity index (χ1v) is 6.86. The van der Waals surface area contributed by atoms with Crippen LogP contribution in [-0.4, -0.2) is 22.2 Å². The number of nitrogens with one attached hydrogen (secondary N) is 1. The van der Waals surface area contributed by atoms with Crippen LogP contribution in [0, 0.1) is 11.3 Å². The Morgan fingerprint density at radius 1 is 1.41 bits per heavy atom. The minimum Gasteiger partial charge on any atom is -0.356 e. The van der Waals surface area contributed by atoms with E-state index in [4.69, 9.17) is 0 Å². The lowest BCUT2D eigenvalue weighted by atomic mass is 9.83. The Balaban J connectivity index is 3.35. The average molecular weight is 316 g/mol. The van der Waals surface area contributed by atoms with E-state index in [1.807, 2.05) is 13.0 Å². The minimum atomic E-state index is -4.65. The zero-order valence-corrected chi connectivity index (χ0v) is 13.0. The number of carbonyl (C=O) groups is 1. The number of carbonyl (C=O) groups excluding carboxylic acids is 1. The van der Waals surface area contributed by atoms with Crippen molar-refractivity contribution in [3.8, 4) is 6.07 Å². The van der Waals surface area contributed by atoms with Crippen molar-refractivity contribution in [3.05, 3.63) is 17.0 Å². The number of aromatic nitrogens is 2. The van der Waals surface area contributed by atoms with Gasteiger partial charge in [-0.2, -0.15) is 23.5 Å². The third kappa shape index (κ3) is 3.78. The van der Waals surface area contributed by atoms with Crippen molar-refractivity contribution >= 4 is 5.91 Å². The molecule has 0 aliphatic heterocycles. The molecule has 5 nitrogen and oxygen atoms in total. The van der Waals surface area contributed by atoms with E-state index in [9.17, 15) is 23.2 Å². The van der Waals surface area contributed by atoms with E-state index >= 15 is 0 Å². The first-order valence-electron chi connectivity index (χ1n) is 6.86. The van der Waals surface area contributed by atoms with Crippen LogP contribution in [0.3, 0.4) is 0 Å². The van der Waals surface area contributed by atoms with Crippen LogP contribution in [0.1, 0.15) is 44.1 Å². The largest absolute Gasteiger partial charge is 0.433 e. The Bertz CT molecular complexity index is 596. The van der Waals surface area contributed by atoms with Crippen molar-refractivity contribution in [1.82, 2.24) is 15.1 Å². The summed E-state index contributed by atoms with van der Waals surface area (Å²) in [7, 11) is 1.16. The highest BCUT2D eigenvalue weighted by molar-refractivity contribution is 5.78. The molecule has 0 saturated heterocycles. The Morgan fingerprint density at radius 3 is 2.45 bits per heavy atom. The van der Waals surface area contributed by atoms with Gasteiger partial charge in [-0.3, -0.25) is 9.48 Å². The van der Waals surface area contributed by atoms with E-state index in [1.54, 1.807) is 0 Å². The summed E-state index contributed by atoms with van der Waals surface area (Å²) >= 11 is 0. The van der Waals surface area contributed by atoms with Gasteiger partial charge in [0.2, 0.25) is 5.91 Å². The van der Waals surface area contributed by atoms with Crippen LogP contribution < -0.4 is 5.32 Å². The fourth-order valence-electron chi connectivity index (χ4n) is 2.22. The molecule has 0 bridgehead atoms. The Labute approximate surface area is 127 Å². The lowest BCUT2D eigenvalue weighted by Gasteiger charge is -2.19. The third-order valence-corrected chi connectivity index (χ3v) is 3.19. The van der Waals surface area contributed by atoms with E-state index < -0.39 is 23.2 Å². The third-order valence-electron chi connectivity index (χ3n) is 3.19. The molecule has 0 atom stereocenters. The molecule has 0 radical (unpaired) electrons. The highest BCUT2D eigenvalue weighted by Crippen LogP contribution is 2.39. The molecule has 0 aromatic carbocycles. The molecule has 0 aliphatic rings. The number of hydrogen-bond donors (Lipinski definition) is 1. The number of nitrogens with zero attached hydrogens (tertiary/aromatic N) is 3. The van der Waals surface area contributed by atoms with E-state index in [0.29, 0.717) is 11.2 Å². The van der Waals surface area contributed by atoms with E-state index in [2.05, 4.69) is 10.4 Å². The van der Waals surface area contributed by atoms with E-state index in [-0.39, 0.29) is 17.7 Å². The first kappa shape index (κ1) is 18.0. The lowest BCUT2D eigenvalue weighted by Crippen LogP contribution is -2.28. The zero-order chi connectivity index (χ0) is 17.1. The molecule has 1 aromatic heterocycles. The number of alkyl halides is 3. The summed E-state index contributed by atoms with van der Waals surface area (Å²) in [6.07, 6.45) is -4.22. The van der Waals surface area contributed by atoms with Crippen LogP contribution in [0.15, 0.2) is 0 Å². The number of halogens is 3. The molecule has 1 heterocycles. The number of amides is 1. The van der Waals surface area contributed by atoms with Crippen molar-refractivity contribution in [1.29, 1.82) is 5.26 Å². The highest BCUT2D eigenvalue weighted by Gasteiger charge is 2.44. The fraction of sp³-hybridized carbons (Fsp3) is 0.643. The molecule has 1 N–H and O–H groups in total. The number of nitriles is 1. The van der Waals surface area contributed by atoms with Gasteiger partial charge >= 0.3 is 6.18 Å². The van der Waals surface area contributed by atoms with Crippen LogP contribution in [-0.2, 0) is 29.9 Å². The summed E-state index contributed by atoms with van der Waals surface area (Å²) in [4.78, 5) is 11.8. The van der Waals surface area contributed by atoms with Crippen LogP contribution in [0.2, 0.25) is 0 Å². The molecular formula is C14H19F3N4O. The number of hydrogen-bond acceptors (Lipinski definition) is 3. The van der Waals surface area contributed by atoms with Crippen molar-refractivity contribution in [2.45, 2.75) is 45.2 Å². The van der Waals surface area contributed by atoms with Crippen LogP contribution >= 0.6 is 0 Å². The summed E-state index contributed by atoms with van der Waals surface area (Å²) in [5.74, 6) is -0.413. The maximum atomic E-state index is 13.3. The lowest BCUT2D eigenvalue weighted by molar-refractivity contribution is -0.144. The molecule has 0 aliphatic carbocycles. The van der Waals surface area contributed by atoms with Crippen LogP contribution in [0.4, 0.5) is 13.2 Å². The van der Waals surface area contributed by atoms with Gasteiger partial charge in [0.15, 0.2) is 0 Å². The van der Waals surface area contributed by atoms with Gasteiger partial charge in [0, 0.05) is 19.2 Å². The molecule has 0 unspecified atom stereocenters. The van der Waals surface area contributed by atoms with Crippen molar-refractivity contribution in [2.24, 2.45) is 7.05 Å². The summed E-state index contributed by atoms with van der Waals surface area (Å²) in [6.45, 7) is 5.07. The molecule has 1 amide bonds. The SMILES string of the molecule is CCCNC(=O)Cc1nn(C)c(C(F)(F)F)c1C(C)(C)C#N. The van der Waals surface area contributed by atoms with Gasteiger partial charge in [-0.05, 0) is 20.3 Å². The second-order valence-electron chi connectivity index (χ2n) is 5.56. The maximum absolute atomic E-state index is 13.3. The number of rotatable bonds is 5. The predicted octanol–water partition coefficient (Wildman–Crippen LogP) is 2.31. The summed E-state index contributed by atoms with van der Waals surface area (Å²) < 4.78 is 40.5. The van der Waals surface area contributed by atoms with Gasteiger partial charge in [0.05, 0.1) is 23.6 Å². The summed E-state index contributed by atoms with van der Waals surface area (Å²) in [5, 5.41) is 15.6. The molecule has 122 valence electrons. The second-order valence-corrected chi connectivity index (χ2v) is 5.56. The van der Waals surface area contributed by atoms with Crippen molar-refractivity contribution in [2.75, 3.05) is 6.54 Å². The maximum Gasteiger partial charge on any atom is 0.433 e. The fourth-order valence-corrected chi connectivity index (χ4v) is 2.22. The molecule has 0 spiro atoms. The van der Waals surface area contributed by atoms with Gasteiger partial charge in [0.25, 0.3) is 0 Å². The molecule has 1 aromatic rings. The Morgan fingerprint density at radius 2 is 2.00 bits per heavy atom. The van der Waals surface area contributed by atoms with Crippen molar-refractivity contribution < 1.29 is 18.0 Å². The molecule has 0 fully saturated rings. The summed E-state index contributed by atoms with van der Waals surface area (Å²) in [5.41, 5.74) is -2.65. The predicted molar refractivity (Wildman–Crippen MR) is 73.9 cm³/mol. The first-order chi connectivity index (χ1) is 10.0. The highest BCUT2D eigenvalue weighted by atomic mass is 19.4. The Hall–Kier alpha value is -2.04. The zero-order valence-electron chi connectivity index (χ0n) is 13.0. The topological polar surface area (TPSA) is 70.7 Å². The molecular weight excluding hydrogens is 297 g/mol. The van der Waals surface area contributed by atoms with Gasteiger partial charge in [-0.1, -0.05) is 6.92 Å². The van der Waals surface area contributed by atoms with Crippen LogP contribution in [0.5, 0.6) is 0 Å². The van der Waals surface area contributed by atoms with E-state index in [1.165, 1.54) is 13.8 Å². The average Bonchev–Trinajstić information content (AvgIpc) is 2.73. The van der Waals surface area contributed by atoms with Gasteiger partial charge in [0.1, 0.15) is 5.69 Å². The van der Waals surface area contributed by atoms with Gasteiger partial charge < -0.3 is 5.32 Å². The molecule has 8 heteroatoms. The monoisotopic (exact) mass is 316 g/mol. The quantitative estimate of drug-likeness (QED) is 0.906. The number of aryl methyl sites for hydroxylation is 1. The summed E-state index contributed by atoms with van der Waals surface area (Å²) in [6, 6.07) is 1.86. The molecule has 22 heavy (non-hydrogen) atoms. The second kappa shape index (κ2) is 6.38. The van der Waals surface area contributed by atoms with Crippen molar-refractivity contribution in [3.63, 3.8) is 0 Å². The normalized spacial score (nSPS) is 12.1. The van der Waals surface area contributed by atoms with Gasteiger partial charge in [-0.25, -0.2) is 0 Å². The minimum absolute atomic E-state index is 0.0185. The molecule has 1 rings (SSSR count). The standard InChI is InChI=1S/C14H19F3N4O/c1-5-6-19-10(22)7-9-11(13(2,3)8-18)12(14(15,16)17)21(4)20-9/h5-7H2,1-4H3,(H,19,22).